The second kappa shape index (κ2) is 6.15. The average Bonchev–Trinajstić information content (AvgIpc) is 3.27. The monoisotopic (exact) mass is 345 g/mol. The molecular formula is C22H19NOS. The lowest BCUT2D eigenvalue weighted by molar-refractivity contribution is 0.0321. The molecule has 25 heavy (non-hydrogen) atoms. The van der Waals surface area contributed by atoms with E-state index in [0.29, 0.717) is 5.56 Å². The lowest BCUT2D eigenvalue weighted by Gasteiger charge is -2.37. The van der Waals surface area contributed by atoms with E-state index in [0.717, 1.165) is 12.0 Å². The molecule has 0 saturated carbocycles. The molecule has 0 fully saturated rings. The molecule has 0 aliphatic heterocycles. The molecule has 1 aliphatic rings. The van der Waals surface area contributed by atoms with E-state index in [-0.39, 0.29) is 11.3 Å². The maximum atomic E-state index is 11.2. The Morgan fingerprint density at radius 1 is 1.20 bits per heavy atom. The molecule has 1 aliphatic carbocycles. The standard InChI is InChI=1S/C22H19NOS/c1-22(21(24)18-9-10-25-14-18)12-17-8-7-15(13-23)11-19(17)20(22)16-5-3-2-4-6-16/h2-11,14,20-21,24H,12H2,1H3/t20-,21-,22+/m0/s1. The molecule has 0 unspecified atom stereocenters. The molecule has 3 heteroatoms. The van der Waals surface area contributed by atoms with Gasteiger partial charge in [0.25, 0.3) is 0 Å². The van der Waals surface area contributed by atoms with Crippen LogP contribution in [0, 0.1) is 16.7 Å². The quantitative estimate of drug-likeness (QED) is 0.722. The molecule has 0 spiro atoms. The van der Waals surface area contributed by atoms with Gasteiger partial charge in [0, 0.05) is 11.3 Å². The van der Waals surface area contributed by atoms with E-state index in [1.54, 1.807) is 11.3 Å². The molecule has 1 N–H and O–H groups in total. The lowest BCUT2D eigenvalue weighted by Crippen LogP contribution is -2.30. The fraction of sp³-hybridized carbons (Fsp3) is 0.227. The topological polar surface area (TPSA) is 44.0 Å². The van der Waals surface area contributed by atoms with Crippen LogP contribution >= 0.6 is 11.3 Å². The van der Waals surface area contributed by atoms with Crippen LogP contribution in [-0.4, -0.2) is 5.11 Å². The predicted octanol–water partition coefficient (Wildman–Crippen LogP) is 5.05. The molecule has 0 radical (unpaired) electrons. The van der Waals surface area contributed by atoms with Gasteiger partial charge in [-0.1, -0.05) is 43.3 Å². The molecule has 1 heterocycles. The number of aliphatic hydroxyl groups excluding tert-OH is 1. The van der Waals surface area contributed by atoms with Gasteiger partial charge in [-0.2, -0.15) is 16.6 Å². The number of hydrogen-bond acceptors (Lipinski definition) is 3. The molecule has 1 aromatic heterocycles. The second-order valence-corrected chi connectivity index (χ2v) is 7.79. The molecular weight excluding hydrogens is 326 g/mol. The van der Waals surface area contributed by atoms with Crippen LogP contribution in [0.1, 0.15) is 46.8 Å². The lowest BCUT2D eigenvalue weighted by atomic mass is 9.69. The molecule has 0 bridgehead atoms. The number of thiophene rings is 1. The number of fused-ring (bicyclic) bond motifs is 1. The largest absolute Gasteiger partial charge is 0.388 e. The highest BCUT2D eigenvalue weighted by atomic mass is 32.1. The smallest absolute Gasteiger partial charge is 0.0991 e. The Bertz CT molecular complexity index is 926. The van der Waals surface area contributed by atoms with Gasteiger partial charge < -0.3 is 5.11 Å². The van der Waals surface area contributed by atoms with Gasteiger partial charge in [0.05, 0.1) is 17.7 Å². The Labute approximate surface area is 152 Å². The third kappa shape index (κ3) is 2.59. The van der Waals surface area contributed by atoms with Gasteiger partial charge in [-0.15, -0.1) is 0 Å². The van der Waals surface area contributed by atoms with E-state index in [4.69, 9.17) is 0 Å². The van der Waals surface area contributed by atoms with Gasteiger partial charge >= 0.3 is 0 Å². The highest BCUT2D eigenvalue weighted by Crippen LogP contribution is 2.56. The number of benzene rings is 2. The summed E-state index contributed by atoms with van der Waals surface area (Å²) in [6.45, 7) is 2.17. The average molecular weight is 345 g/mol. The van der Waals surface area contributed by atoms with Gasteiger partial charge in [-0.3, -0.25) is 0 Å². The summed E-state index contributed by atoms with van der Waals surface area (Å²) in [4.78, 5) is 0. The zero-order valence-electron chi connectivity index (χ0n) is 14.0. The first-order valence-electron chi connectivity index (χ1n) is 8.41. The maximum absolute atomic E-state index is 11.2. The zero-order chi connectivity index (χ0) is 17.4. The van der Waals surface area contributed by atoms with Gasteiger partial charge in [-0.25, -0.2) is 0 Å². The van der Waals surface area contributed by atoms with Crippen molar-refractivity contribution in [3.63, 3.8) is 0 Å². The predicted molar refractivity (Wildman–Crippen MR) is 101 cm³/mol. The molecule has 0 amide bonds. The van der Waals surface area contributed by atoms with Gasteiger partial charge in [0.15, 0.2) is 0 Å². The Morgan fingerprint density at radius 2 is 2.00 bits per heavy atom. The van der Waals surface area contributed by atoms with Crippen LogP contribution in [0.3, 0.4) is 0 Å². The number of aliphatic hydroxyl groups is 1. The van der Waals surface area contributed by atoms with Crippen molar-refractivity contribution in [3.05, 3.63) is 93.2 Å². The number of rotatable bonds is 3. The van der Waals surface area contributed by atoms with Crippen LogP contribution in [-0.2, 0) is 6.42 Å². The van der Waals surface area contributed by atoms with E-state index in [1.807, 2.05) is 47.2 Å². The SMILES string of the molecule is C[C@@]1([C@@H](O)c2ccsc2)Cc2ccc(C#N)cc2[C@@H]1c1ccccc1. The summed E-state index contributed by atoms with van der Waals surface area (Å²) in [6, 6.07) is 20.5. The maximum Gasteiger partial charge on any atom is 0.0991 e. The van der Waals surface area contributed by atoms with Crippen LogP contribution in [0.5, 0.6) is 0 Å². The minimum absolute atomic E-state index is 0.0619. The normalized spacial score (nSPS) is 23.0. The Morgan fingerprint density at radius 3 is 2.68 bits per heavy atom. The third-order valence-electron chi connectivity index (χ3n) is 5.43. The van der Waals surface area contributed by atoms with Crippen LogP contribution in [0.2, 0.25) is 0 Å². The summed E-state index contributed by atoms with van der Waals surface area (Å²) in [5.74, 6) is 0.0619. The van der Waals surface area contributed by atoms with Gasteiger partial charge in [0.1, 0.15) is 0 Å². The molecule has 2 nitrogen and oxygen atoms in total. The zero-order valence-corrected chi connectivity index (χ0v) is 14.8. The summed E-state index contributed by atoms with van der Waals surface area (Å²) >= 11 is 1.61. The van der Waals surface area contributed by atoms with Crippen molar-refractivity contribution in [1.29, 1.82) is 5.26 Å². The number of hydrogen-bond donors (Lipinski definition) is 1. The molecule has 0 saturated heterocycles. The Hall–Kier alpha value is -2.41. The van der Waals surface area contributed by atoms with E-state index < -0.39 is 6.10 Å². The molecule has 3 atom stereocenters. The first-order valence-corrected chi connectivity index (χ1v) is 9.36. The number of nitrogens with zero attached hydrogens (tertiary/aromatic N) is 1. The first kappa shape index (κ1) is 16.1. The van der Waals surface area contributed by atoms with E-state index in [1.165, 1.54) is 16.7 Å². The van der Waals surface area contributed by atoms with Crippen molar-refractivity contribution in [3.8, 4) is 6.07 Å². The van der Waals surface area contributed by atoms with E-state index in [2.05, 4.69) is 31.2 Å². The molecule has 4 rings (SSSR count). The van der Waals surface area contributed by atoms with Crippen molar-refractivity contribution in [2.75, 3.05) is 0 Å². The van der Waals surface area contributed by atoms with Crippen molar-refractivity contribution < 1.29 is 5.11 Å². The summed E-state index contributed by atoms with van der Waals surface area (Å²) < 4.78 is 0. The Kier molecular flexibility index (Phi) is 3.95. The van der Waals surface area contributed by atoms with Gasteiger partial charge in [-0.05, 0) is 57.6 Å². The first-order chi connectivity index (χ1) is 12.1. The summed E-state index contributed by atoms with van der Waals surface area (Å²) in [5.41, 5.74) is 4.88. The van der Waals surface area contributed by atoms with Gasteiger partial charge in [0.2, 0.25) is 0 Å². The molecule has 3 aromatic rings. The molecule has 124 valence electrons. The van der Waals surface area contributed by atoms with Crippen molar-refractivity contribution in [1.82, 2.24) is 0 Å². The van der Waals surface area contributed by atoms with Crippen LogP contribution in [0.15, 0.2) is 65.4 Å². The summed E-state index contributed by atoms with van der Waals surface area (Å²) in [6.07, 6.45) is 0.242. The third-order valence-corrected chi connectivity index (χ3v) is 6.13. The highest BCUT2D eigenvalue weighted by Gasteiger charge is 2.48. The summed E-state index contributed by atoms with van der Waals surface area (Å²) in [7, 11) is 0. The van der Waals surface area contributed by atoms with E-state index >= 15 is 0 Å². The van der Waals surface area contributed by atoms with Crippen molar-refractivity contribution in [2.24, 2.45) is 5.41 Å². The van der Waals surface area contributed by atoms with Crippen LogP contribution in [0.25, 0.3) is 0 Å². The number of nitriles is 1. The summed E-state index contributed by atoms with van der Waals surface area (Å²) in [5, 5.41) is 24.6. The minimum atomic E-state index is -0.554. The van der Waals surface area contributed by atoms with Crippen LogP contribution in [0.4, 0.5) is 0 Å². The highest BCUT2D eigenvalue weighted by molar-refractivity contribution is 7.07. The Balaban J connectivity index is 1.88. The fourth-order valence-corrected chi connectivity index (χ4v) is 4.91. The van der Waals surface area contributed by atoms with Crippen molar-refractivity contribution in [2.45, 2.75) is 25.4 Å². The second-order valence-electron chi connectivity index (χ2n) is 7.01. The van der Waals surface area contributed by atoms with E-state index in [9.17, 15) is 10.4 Å². The minimum Gasteiger partial charge on any atom is -0.388 e. The van der Waals surface area contributed by atoms with Crippen LogP contribution < -0.4 is 0 Å². The van der Waals surface area contributed by atoms with Crippen molar-refractivity contribution >= 4 is 11.3 Å². The fourth-order valence-electron chi connectivity index (χ4n) is 4.23. The molecule has 2 aromatic carbocycles.